The van der Waals surface area contributed by atoms with Crippen LogP contribution < -0.4 is 10.6 Å². The molecule has 1 saturated heterocycles. The summed E-state index contributed by atoms with van der Waals surface area (Å²) in [6.45, 7) is 4.58. The molecule has 2 aromatic rings. The number of fused-ring (bicyclic) bond motifs is 5. The number of aromatic nitrogens is 2. The van der Waals surface area contributed by atoms with Gasteiger partial charge >= 0.3 is 12.1 Å². The average molecular weight is 589 g/mol. The summed E-state index contributed by atoms with van der Waals surface area (Å²) in [7, 11) is 0. The molecular weight excluding hydrogens is 556 g/mol. The van der Waals surface area contributed by atoms with Crippen molar-refractivity contribution in [1.29, 1.82) is 5.26 Å². The van der Waals surface area contributed by atoms with Gasteiger partial charge in [-0.3, -0.25) is 14.4 Å². The average Bonchev–Trinajstić information content (AvgIpc) is 3.70. The molecule has 2 heterocycles. The lowest BCUT2D eigenvalue weighted by atomic mass is 9.77. The smallest absolute Gasteiger partial charge is 0.336 e. The van der Waals surface area contributed by atoms with Crippen molar-refractivity contribution in [1.82, 2.24) is 25.3 Å². The number of rotatable bonds is 6. The number of hydrogen-bond donors (Lipinski definition) is 2. The fourth-order valence-electron chi connectivity index (χ4n) is 6.92. The molecule has 2 saturated carbocycles. The Morgan fingerprint density at radius 3 is 2.38 bits per heavy atom. The molecule has 3 amide bonds. The number of carbonyl (C=O) groups is 3. The molecule has 1 aliphatic heterocycles. The largest absolute Gasteiger partial charge is 0.471 e. The predicted octanol–water partition coefficient (Wildman–Crippen LogP) is 3.47. The second kappa shape index (κ2) is 10.7. The maximum atomic E-state index is 15.0. The topological polar surface area (TPSA) is 120 Å². The van der Waals surface area contributed by atoms with Crippen molar-refractivity contribution in [2.24, 2.45) is 29.1 Å². The Kier molecular flexibility index (Phi) is 7.53. The van der Waals surface area contributed by atoms with E-state index in [1.54, 1.807) is 6.20 Å². The number of alkyl halides is 4. The van der Waals surface area contributed by atoms with Gasteiger partial charge < -0.3 is 15.5 Å². The Morgan fingerprint density at radius 2 is 1.76 bits per heavy atom. The van der Waals surface area contributed by atoms with Crippen molar-refractivity contribution in [3.05, 3.63) is 48.3 Å². The molecule has 3 fully saturated rings. The zero-order chi connectivity index (χ0) is 30.6. The van der Waals surface area contributed by atoms with Crippen LogP contribution in [0.4, 0.5) is 17.6 Å². The number of nitrogens with one attached hydrogen (secondary N) is 2. The van der Waals surface area contributed by atoms with E-state index in [2.05, 4.69) is 10.4 Å². The van der Waals surface area contributed by atoms with Gasteiger partial charge in [-0.05, 0) is 54.1 Å². The molecule has 1 aromatic carbocycles. The number of amides is 3. The third-order valence-electron chi connectivity index (χ3n) is 8.84. The molecular formula is C29H32F4N6O3. The molecule has 224 valence electrons. The molecule has 9 nitrogen and oxygen atoms in total. The van der Waals surface area contributed by atoms with E-state index >= 15 is 0 Å². The highest BCUT2D eigenvalue weighted by atomic mass is 19.4. The van der Waals surface area contributed by atoms with Gasteiger partial charge in [0.15, 0.2) is 0 Å². The summed E-state index contributed by atoms with van der Waals surface area (Å²) in [5.74, 6) is -5.17. The van der Waals surface area contributed by atoms with Crippen LogP contribution in [0, 0.1) is 40.4 Å². The SMILES string of the molecule is CC(C)(C)C(NC(=O)C(F)(F)F)C(=O)N1CC2C3CC(F)C(C3)C2C1C(=O)NC(C#N)c1cnn(-c2ccccc2)c1. The quantitative estimate of drug-likeness (QED) is 0.501. The first kappa shape index (κ1) is 29.5. The Labute approximate surface area is 240 Å². The normalized spacial score (nSPS) is 28.1. The van der Waals surface area contributed by atoms with Crippen LogP contribution in [0.5, 0.6) is 0 Å². The van der Waals surface area contributed by atoms with Gasteiger partial charge in [0.2, 0.25) is 11.8 Å². The summed E-state index contributed by atoms with van der Waals surface area (Å²) in [6, 6.07) is 7.14. The molecule has 2 bridgehead atoms. The first-order chi connectivity index (χ1) is 19.7. The third-order valence-corrected chi connectivity index (χ3v) is 8.84. The van der Waals surface area contributed by atoms with Crippen molar-refractivity contribution in [2.45, 2.75) is 64.1 Å². The highest BCUT2D eigenvalue weighted by Crippen LogP contribution is 2.58. The first-order valence-corrected chi connectivity index (χ1v) is 13.8. The lowest BCUT2D eigenvalue weighted by Gasteiger charge is -2.37. The summed E-state index contributed by atoms with van der Waals surface area (Å²) in [5.41, 5.74) is -0.0322. The van der Waals surface area contributed by atoms with Crippen molar-refractivity contribution < 1.29 is 31.9 Å². The molecule has 13 heteroatoms. The third kappa shape index (κ3) is 5.34. The Morgan fingerprint density at radius 1 is 1.07 bits per heavy atom. The Bertz CT molecular complexity index is 1400. The highest BCUT2D eigenvalue weighted by Gasteiger charge is 2.63. The lowest BCUT2D eigenvalue weighted by Crippen LogP contribution is -2.60. The summed E-state index contributed by atoms with van der Waals surface area (Å²) in [5, 5.41) is 18.7. The molecule has 0 radical (unpaired) electrons. The van der Waals surface area contributed by atoms with Crippen molar-refractivity contribution in [2.75, 3.05) is 6.54 Å². The first-order valence-electron chi connectivity index (χ1n) is 13.8. The number of hydrogen-bond acceptors (Lipinski definition) is 5. The van der Waals surface area contributed by atoms with Gasteiger partial charge in [-0.25, -0.2) is 9.07 Å². The summed E-state index contributed by atoms with van der Waals surface area (Å²) in [6.07, 6.45) is -2.51. The monoisotopic (exact) mass is 588 g/mol. The Hall–Kier alpha value is -3.95. The van der Waals surface area contributed by atoms with Gasteiger partial charge in [0, 0.05) is 18.3 Å². The van der Waals surface area contributed by atoms with Crippen LogP contribution >= 0.6 is 0 Å². The van der Waals surface area contributed by atoms with E-state index in [4.69, 9.17) is 0 Å². The Balaban J connectivity index is 1.43. The lowest BCUT2D eigenvalue weighted by molar-refractivity contribution is -0.176. The number of halogens is 4. The van der Waals surface area contributed by atoms with Crippen molar-refractivity contribution in [3.8, 4) is 11.8 Å². The zero-order valence-electron chi connectivity index (χ0n) is 23.3. The number of nitriles is 1. The van der Waals surface area contributed by atoms with Crippen LogP contribution in [0.15, 0.2) is 42.7 Å². The fourth-order valence-corrected chi connectivity index (χ4v) is 6.92. The number of nitrogens with zero attached hydrogens (tertiary/aromatic N) is 4. The second-order valence-electron chi connectivity index (χ2n) is 12.5. The molecule has 2 aliphatic carbocycles. The van der Waals surface area contributed by atoms with Crippen LogP contribution in [-0.4, -0.2) is 63.4 Å². The molecule has 3 aliphatic rings. The van der Waals surface area contributed by atoms with Gasteiger partial charge in [0.1, 0.15) is 24.3 Å². The van der Waals surface area contributed by atoms with Crippen LogP contribution in [0.3, 0.4) is 0 Å². The van der Waals surface area contributed by atoms with Gasteiger partial charge in [0.05, 0.1) is 18.0 Å². The number of benzene rings is 1. The predicted molar refractivity (Wildman–Crippen MR) is 141 cm³/mol. The van der Waals surface area contributed by atoms with Gasteiger partial charge in [-0.15, -0.1) is 0 Å². The van der Waals surface area contributed by atoms with Crippen molar-refractivity contribution >= 4 is 17.7 Å². The van der Waals surface area contributed by atoms with Gasteiger partial charge in [-0.2, -0.15) is 23.5 Å². The van der Waals surface area contributed by atoms with E-state index in [9.17, 15) is 37.2 Å². The summed E-state index contributed by atoms with van der Waals surface area (Å²) < 4.78 is 56.0. The zero-order valence-corrected chi connectivity index (χ0v) is 23.3. The van der Waals surface area contributed by atoms with Crippen LogP contribution in [-0.2, 0) is 14.4 Å². The van der Waals surface area contributed by atoms with Crippen molar-refractivity contribution in [3.63, 3.8) is 0 Å². The van der Waals surface area contributed by atoms with E-state index in [0.717, 1.165) is 5.69 Å². The second-order valence-corrected chi connectivity index (χ2v) is 12.5. The fraction of sp³-hybridized carbons (Fsp3) is 0.552. The van der Waals surface area contributed by atoms with E-state index in [1.807, 2.05) is 41.7 Å². The summed E-state index contributed by atoms with van der Waals surface area (Å²) in [4.78, 5) is 40.8. The minimum atomic E-state index is -5.22. The highest BCUT2D eigenvalue weighted by molar-refractivity contribution is 5.94. The maximum Gasteiger partial charge on any atom is 0.471 e. The van der Waals surface area contributed by atoms with Crippen LogP contribution in [0.1, 0.15) is 45.2 Å². The molecule has 8 unspecified atom stereocenters. The summed E-state index contributed by atoms with van der Waals surface area (Å²) >= 11 is 0. The number of para-hydroxylation sites is 1. The van der Waals surface area contributed by atoms with E-state index < -0.39 is 65.4 Å². The molecule has 8 atom stereocenters. The maximum absolute atomic E-state index is 15.0. The molecule has 1 aromatic heterocycles. The van der Waals surface area contributed by atoms with E-state index in [-0.39, 0.29) is 18.4 Å². The standard InChI is InChI=1S/C29H32F4N6O3/c1-28(2,3)24(37-27(42)29(31,32)33)26(41)38-14-19-15-9-18(20(30)10-15)22(19)23(38)25(40)36-21(11-34)16-12-35-39(13-16)17-7-5-4-6-8-17/h4-8,12-13,15,18-24H,9-10,14H2,1-3H3,(H,36,40)(H,37,42). The van der Waals surface area contributed by atoms with Gasteiger partial charge in [0.25, 0.3) is 0 Å². The number of likely N-dealkylation sites (tertiary alicyclic amines) is 1. The van der Waals surface area contributed by atoms with E-state index in [1.165, 1.54) is 36.5 Å². The van der Waals surface area contributed by atoms with Gasteiger partial charge in [-0.1, -0.05) is 39.0 Å². The molecule has 5 rings (SSSR count). The minimum Gasteiger partial charge on any atom is -0.336 e. The number of carbonyl (C=O) groups excluding carboxylic acids is 3. The van der Waals surface area contributed by atoms with Crippen LogP contribution in [0.25, 0.3) is 5.69 Å². The minimum absolute atomic E-state index is 0.0487. The molecule has 2 N–H and O–H groups in total. The van der Waals surface area contributed by atoms with E-state index in [0.29, 0.717) is 18.4 Å². The molecule has 42 heavy (non-hydrogen) atoms. The van der Waals surface area contributed by atoms with Crippen LogP contribution in [0.2, 0.25) is 0 Å². The molecule has 0 spiro atoms.